The summed E-state index contributed by atoms with van der Waals surface area (Å²) in [4.78, 5) is 26.8. The minimum atomic E-state index is -0.267. The first-order valence-electron chi connectivity index (χ1n) is 10.1. The molecular weight excluding hydrogens is 352 g/mol. The highest BCUT2D eigenvalue weighted by Gasteiger charge is 2.21. The minimum Gasteiger partial charge on any atom is -0.497 e. The molecule has 3 rings (SSSR count). The summed E-state index contributed by atoms with van der Waals surface area (Å²) in [6.07, 6.45) is 2.63. The van der Waals surface area contributed by atoms with Crippen LogP contribution >= 0.6 is 0 Å². The van der Waals surface area contributed by atoms with E-state index in [-0.39, 0.29) is 17.7 Å². The third-order valence-corrected chi connectivity index (χ3v) is 5.61. The molecule has 0 bridgehead atoms. The van der Waals surface area contributed by atoms with Crippen molar-refractivity contribution in [1.29, 1.82) is 0 Å². The molecule has 1 heterocycles. The van der Waals surface area contributed by atoms with E-state index in [0.717, 1.165) is 41.6 Å². The van der Waals surface area contributed by atoms with Crippen LogP contribution in [-0.4, -0.2) is 43.5 Å². The number of hydrogen-bond donors (Lipinski definition) is 1. The normalized spacial score (nSPS) is 18.0. The van der Waals surface area contributed by atoms with Crippen molar-refractivity contribution in [2.75, 3.05) is 26.7 Å². The topological polar surface area (TPSA) is 58.6 Å². The van der Waals surface area contributed by atoms with Crippen LogP contribution in [0.5, 0.6) is 5.75 Å². The summed E-state index contributed by atoms with van der Waals surface area (Å²) in [5.74, 6) is 1.21. The Morgan fingerprint density at radius 3 is 2.71 bits per heavy atom. The van der Waals surface area contributed by atoms with E-state index in [4.69, 9.17) is 4.74 Å². The number of methoxy groups -OCH3 is 1. The molecular formula is C23H30N2O3. The third-order valence-electron chi connectivity index (χ3n) is 5.61. The van der Waals surface area contributed by atoms with Gasteiger partial charge in [-0.1, -0.05) is 31.2 Å². The van der Waals surface area contributed by atoms with Crippen LogP contribution in [0.3, 0.4) is 0 Å². The monoisotopic (exact) mass is 382 g/mol. The van der Waals surface area contributed by atoms with Crippen molar-refractivity contribution < 1.29 is 14.3 Å². The number of hydrogen-bond acceptors (Lipinski definition) is 3. The van der Waals surface area contributed by atoms with Gasteiger partial charge in [0.05, 0.1) is 13.0 Å². The number of piperidine rings is 1. The van der Waals surface area contributed by atoms with E-state index in [1.807, 2.05) is 48.2 Å². The van der Waals surface area contributed by atoms with E-state index < -0.39 is 0 Å². The second kappa shape index (κ2) is 9.09. The second-order valence-corrected chi connectivity index (χ2v) is 7.82. The Hall–Kier alpha value is -2.56. The summed E-state index contributed by atoms with van der Waals surface area (Å²) in [5, 5.41) is 5.08. The Balaban J connectivity index is 1.54. The molecule has 2 aromatic carbocycles. The van der Waals surface area contributed by atoms with Crippen LogP contribution in [0, 0.1) is 5.92 Å². The van der Waals surface area contributed by atoms with Gasteiger partial charge in [-0.05, 0) is 54.2 Å². The summed E-state index contributed by atoms with van der Waals surface area (Å²) in [7, 11) is 1.65. The van der Waals surface area contributed by atoms with E-state index in [0.29, 0.717) is 18.9 Å². The van der Waals surface area contributed by atoms with E-state index in [1.165, 1.54) is 6.42 Å². The lowest BCUT2D eigenvalue weighted by Crippen LogP contribution is -2.40. The van der Waals surface area contributed by atoms with E-state index in [2.05, 4.69) is 12.2 Å². The van der Waals surface area contributed by atoms with Gasteiger partial charge in [0.2, 0.25) is 11.8 Å². The summed E-state index contributed by atoms with van der Waals surface area (Å²) in [6.45, 7) is 6.15. The molecule has 1 aliphatic rings. The van der Waals surface area contributed by atoms with Crippen molar-refractivity contribution in [3.05, 3.63) is 42.0 Å². The number of carbonyl (C=O) groups excluding carboxylic acids is 2. The van der Waals surface area contributed by atoms with Crippen molar-refractivity contribution >= 4 is 22.6 Å². The molecule has 0 radical (unpaired) electrons. The zero-order chi connectivity index (χ0) is 20.1. The Kier molecular flexibility index (Phi) is 6.55. The summed E-state index contributed by atoms with van der Waals surface area (Å²) in [6, 6.07) is 11.9. The molecule has 0 saturated carbocycles. The fourth-order valence-corrected chi connectivity index (χ4v) is 3.81. The fourth-order valence-electron chi connectivity index (χ4n) is 3.81. The molecule has 2 atom stereocenters. The molecule has 0 spiro atoms. The van der Waals surface area contributed by atoms with Crippen molar-refractivity contribution in [3.8, 4) is 5.75 Å². The highest BCUT2D eigenvalue weighted by Crippen LogP contribution is 2.25. The average molecular weight is 383 g/mol. The lowest BCUT2D eigenvalue weighted by Gasteiger charge is -2.31. The van der Waals surface area contributed by atoms with Crippen LogP contribution in [0.15, 0.2) is 36.4 Å². The number of rotatable bonds is 6. The molecule has 150 valence electrons. The zero-order valence-corrected chi connectivity index (χ0v) is 17.0. The van der Waals surface area contributed by atoms with E-state index in [9.17, 15) is 9.59 Å². The van der Waals surface area contributed by atoms with Gasteiger partial charge in [-0.2, -0.15) is 0 Å². The number of ether oxygens (including phenoxy) is 1. The van der Waals surface area contributed by atoms with Gasteiger partial charge < -0.3 is 15.0 Å². The zero-order valence-electron chi connectivity index (χ0n) is 17.0. The number of benzene rings is 2. The lowest BCUT2D eigenvalue weighted by molar-refractivity contribution is -0.132. The van der Waals surface area contributed by atoms with E-state index >= 15 is 0 Å². The molecule has 5 nitrogen and oxygen atoms in total. The van der Waals surface area contributed by atoms with Gasteiger partial charge in [0, 0.05) is 26.1 Å². The average Bonchev–Trinajstić information content (AvgIpc) is 2.72. The Morgan fingerprint density at radius 1 is 1.21 bits per heavy atom. The Morgan fingerprint density at radius 2 is 1.96 bits per heavy atom. The third kappa shape index (κ3) is 4.83. The standard InChI is InChI=1S/C23H30N2O3/c1-16-5-4-12-25(15-16)22(26)10-11-24-23(27)17(2)18-6-7-20-14-21(28-3)9-8-19(20)13-18/h6-9,13-14,16-17H,4-5,10-12,15H2,1-3H3,(H,24,27)/t16?,17-/m0/s1. The van der Waals surface area contributed by atoms with Crippen molar-refractivity contribution in [3.63, 3.8) is 0 Å². The molecule has 28 heavy (non-hydrogen) atoms. The molecule has 1 saturated heterocycles. The molecule has 5 heteroatoms. The van der Waals surface area contributed by atoms with Crippen molar-refractivity contribution in [2.45, 2.75) is 39.0 Å². The maximum absolute atomic E-state index is 12.5. The maximum Gasteiger partial charge on any atom is 0.227 e. The number of nitrogens with zero attached hydrogens (tertiary/aromatic N) is 1. The SMILES string of the molecule is COc1ccc2cc([C@H](C)C(=O)NCCC(=O)N3CCCC(C)C3)ccc2c1. The van der Waals surface area contributed by atoms with Crippen LogP contribution in [-0.2, 0) is 9.59 Å². The van der Waals surface area contributed by atoms with Gasteiger partial charge in [-0.15, -0.1) is 0 Å². The van der Waals surface area contributed by atoms with Gasteiger partial charge in [-0.25, -0.2) is 0 Å². The van der Waals surface area contributed by atoms with Gasteiger partial charge >= 0.3 is 0 Å². The molecule has 0 aliphatic carbocycles. The van der Waals surface area contributed by atoms with Crippen LogP contribution in [0.2, 0.25) is 0 Å². The molecule has 2 aromatic rings. The first kappa shape index (κ1) is 20.2. The van der Waals surface area contributed by atoms with Crippen LogP contribution in [0.25, 0.3) is 10.8 Å². The minimum absolute atomic E-state index is 0.0485. The maximum atomic E-state index is 12.5. The number of fused-ring (bicyclic) bond motifs is 1. The highest BCUT2D eigenvalue weighted by atomic mass is 16.5. The Labute approximate surface area is 167 Å². The quantitative estimate of drug-likeness (QED) is 0.828. The first-order chi connectivity index (χ1) is 13.5. The smallest absolute Gasteiger partial charge is 0.227 e. The van der Waals surface area contributed by atoms with Crippen LogP contribution < -0.4 is 10.1 Å². The number of carbonyl (C=O) groups is 2. The lowest BCUT2D eigenvalue weighted by atomic mass is 9.97. The number of amides is 2. The second-order valence-electron chi connectivity index (χ2n) is 7.82. The van der Waals surface area contributed by atoms with Gasteiger partial charge in [0.1, 0.15) is 5.75 Å². The molecule has 1 fully saturated rings. The fraction of sp³-hybridized carbons (Fsp3) is 0.478. The Bertz CT molecular complexity index is 849. The molecule has 1 aliphatic heterocycles. The summed E-state index contributed by atoms with van der Waals surface area (Å²) >= 11 is 0. The van der Waals surface area contributed by atoms with Gasteiger partial charge in [0.25, 0.3) is 0 Å². The van der Waals surface area contributed by atoms with Crippen molar-refractivity contribution in [1.82, 2.24) is 10.2 Å². The summed E-state index contributed by atoms with van der Waals surface area (Å²) in [5.41, 5.74) is 0.964. The largest absolute Gasteiger partial charge is 0.497 e. The van der Waals surface area contributed by atoms with E-state index in [1.54, 1.807) is 7.11 Å². The van der Waals surface area contributed by atoms with Gasteiger partial charge in [0.15, 0.2) is 0 Å². The molecule has 2 amide bonds. The highest BCUT2D eigenvalue weighted by molar-refractivity contribution is 5.88. The molecule has 1 unspecified atom stereocenters. The van der Waals surface area contributed by atoms with Crippen molar-refractivity contribution in [2.24, 2.45) is 5.92 Å². The van der Waals surface area contributed by atoms with Crippen LogP contribution in [0.1, 0.15) is 44.6 Å². The first-order valence-corrected chi connectivity index (χ1v) is 10.1. The number of likely N-dealkylation sites (tertiary alicyclic amines) is 1. The molecule has 0 aromatic heterocycles. The van der Waals surface area contributed by atoms with Crippen LogP contribution in [0.4, 0.5) is 0 Å². The predicted molar refractivity (Wildman–Crippen MR) is 112 cm³/mol. The predicted octanol–water partition coefficient (Wildman–Crippen LogP) is 3.72. The molecule has 1 N–H and O–H groups in total. The summed E-state index contributed by atoms with van der Waals surface area (Å²) < 4.78 is 5.26. The van der Waals surface area contributed by atoms with Gasteiger partial charge in [-0.3, -0.25) is 9.59 Å². The number of nitrogens with one attached hydrogen (secondary N) is 1.